The number of pyridine rings is 1. The molecule has 112 valence electrons. The van der Waals surface area contributed by atoms with Gasteiger partial charge in [0.2, 0.25) is 0 Å². The maximum Gasteiger partial charge on any atom is 0.119 e. The molecule has 1 aromatic heterocycles. The van der Waals surface area contributed by atoms with Gasteiger partial charge in [-0.05, 0) is 49.2 Å². The molecule has 0 saturated heterocycles. The standard InChI is InChI=1S/C18H24N2O/c1-3-20-15(2)13-16-6-8-18(9-7-16)21-12-10-17-5-4-11-19-14-17/h4-9,11,14-15,20H,3,10,12-13H2,1-2H3. The zero-order valence-electron chi connectivity index (χ0n) is 12.9. The Hall–Kier alpha value is -1.87. The molecule has 0 aliphatic heterocycles. The number of benzene rings is 1. The largest absolute Gasteiger partial charge is 0.493 e. The third kappa shape index (κ3) is 5.56. The summed E-state index contributed by atoms with van der Waals surface area (Å²) in [5.74, 6) is 0.929. The number of rotatable bonds is 8. The van der Waals surface area contributed by atoms with Crippen molar-refractivity contribution in [3.8, 4) is 5.75 Å². The Balaban J connectivity index is 1.77. The van der Waals surface area contributed by atoms with Gasteiger partial charge in [0, 0.05) is 24.9 Å². The van der Waals surface area contributed by atoms with E-state index >= 15 is 0 Å². The molecule has 2 rings (SSSR count). The minimum absolute atomic E-state index is 0.507. The third-order valence-corrected chi connectivity index (χ3v) is 3.40. The first-order chi connectivity index (χ1) is 10.3. The van der Waals surface area contributed by atoms with Crippen LogP contribution in [0.3, 0.4) is 0 Å². The van der Waals surface area contributed by atoms with Crippen LogP contribution in [0.15, 0.2) is 48.8 Å². The minimum atomic E-state index is 0.507. The summed E-state index contributed by atoms with van der Waals surface area (Å²) >= 11 is 0. The summed E-state index contributed by atoms with van der Waals surface area (Å²) < 4.78 is 5.77. The first-order valence-corrected chi connectivity index (χ1v) is 7.62. The van der Waals surface area contributed by atoms with E-state index in [1.807, 2.05) is 12.3 Å². The monoisotopic (exact) mass is 284 g/mol. The van der Waals surface area contributed by atoms with Crippen LogP contribution in [0.1, 0.15) is 25.0 Å². The highest BCUT2D eigenvalue weighted by atomic mass is 16.5. The molecule has 3 heteroatoms. The quantitative estimate of drug-likeness (QED) is 0.808. The van der Waals surface area contributed by atoms with E-state index in [4.69, 9.17) is 4.74 Å². The molecule has 0 bridgehead atoms. The molecule has 0 aliphatic carbocycles. The Morgan fingerprint density at radius 2 is 1.95 bits per heavy atom. The maximum atomic E-state index is 5.77. The summed E-state index contributed by atoms with van der Waals surface area (Å²) in [7, 11) is 0. The Bertz CT molecular complexity index is 511. The van der Waals surface area contributed by atoms with Gasteiger partial charge < -0.3 is 10.1 Å². The maximum absolute atomic E-state index is 5.77. The average molecular weight is 284 g/mol. The Kier molecular flexibility index (Phi) is 6.22. The van der Waals surface area contributed by atoms with Crippen molar-refractivity contribution in [2.24, 2.45) is 0 Å². The zero-order valence-corrected chi connectivity index (χ0v) is 12.9. The molecule has 1 unspecified atom stereocenters. The van der Waals surface area contributed by atoms with Gasteiger partial charge in [-0.15, -0.1) is 0 Å². The van der Waals surface area contributed by atoms with Crippen LogP contribution in [0.25, 0.3) is 0 Å². The molecule has 1 N–H and O–H groups in total. The van der Waals surface area contributed by atoms with E-state index in [1.165, 1.54) is 11.1 Å². The lowest BCUT2D eigenvalue weighted by molar-refractivity contribution is 0.321. The van der Waals surface area contributed by atoms with Crippen LogP contribution >= 0.6 is 0 Å². The van der Waals surface area contributed by atoms with Gasteiger partial charge in [-0.3, -0.25) is 4.98 Å². The van der Waals surface area contributed by atoms with Gasteiger partial charge in [0.1, 0.15) is 5.75 Å². The second-order valence-electron chi connectivity index (χ2n) is 5.27. The van der Waals surface area contributed by atoms with Gasteiger partial charge in [0.15, 0.2) is 0 Å². The van der Waals surface area contributed by atoms with E-state index in [1.54, 1.807) is 6.20 Å². The first-order valence-electron chi connectivity index (χ1n) is 7.62. The van der Waals surface area contributed by atoms with Crippen LogP contribution in [0.4, 0.5) is 0 Å². The van der Waals surface area contributed by atoms with Crippen LogP contribution in [0.5, 0.6) is 5.75 Å². The molecule has 0 saturated carbocycles. The molecular formula is C18H24N2O. The predicted octanol–water partition coefficient (Wildman–Crippen LogP) is 3.24. The van der Waals surface area contributed by atoms with Gasteiger partial charge in [0.05, 0.1) is 6.61 Å². The van der Waals surface area contributed by atoms with E-state index in [9.17, 15) is 0 Å². The van der Waals surface area contributed by atoms with Crippen molar-refractivity contribution in [2.45, 2.75) is 32.7 Å². The van der Waals surface area contributed by atoms with Crippen LogP contribution in [0.2, 0.25) is 0 Å². The molecule has 0 amide bonds. The predicted molar refractivity (Wildman–Crippen MR) is 86.7 cm³/mol. The molecule has 0 fully saturated rings. The second kappa shape index (κ2) is 8.42. The third-order valence-electron chi connectivity index (χ3n) is 3.40. The fourth-order valence-electron chi connectivity index (χ4n) is 2.33. The Morgan fingerprint density at radius 1 is 1.14 bits per heavy atom. The molecular weight excluding hydrogens is 260 g/mol. The van der Waals surface area contributed by atoms with Crippen molar-refractivity contribution in [2.75, 3.05) is 13.2 Å². The van der Waals surface area contributed by atoms with Crippen molar-refractivity contribution < 1.29 is 4.74 Å². The van der Waals surface area contributed by atoms with Crippen molar-refractivity contribution >= 4 is 0 Å². The SMILES string of the molecule is CCNC(C)Cc1ccc(OCCc2cccnc2)cc1. The highest BCUT2D eigenvalue weighted by Gasteiger charge is 2.02. The molecule has 1 aromatic carbocycles. The second-order valence-corrected chi connectivity index (χ2v) is 5.27. The highest BCUT2D eigenvalue weighted by Crippen LogP contribution is 2.14. The zero-order chi connectivity index (χ0) is 14.9. The fraction of sp³-hybridized carbons (Fsp3) is 0.389. The molecule has 3 nitrogen and oxygen atoms in total. The molecule has 1 heterocycles. The topological polar surface area (TPSA) is 34.1 Å². The van der Waals surface area contributed by atoms with E-state index in [0.29, 0.717) is 12.6 Å². The number of nitrogens with one attached hydrogen (secondary N) is 1. The number of hydrogen-bond acceptors (Lipinski definition) is 3. The molecule has 0 aliphatic rings. The Labute approximate surface area is 127 Å². The molecule has 1 atom stereocenters. The van der Waals surface area contributed by atoms with Gasteiger partial charge in [-0.1, -0.05) is 25.1 Å². The first kappa shape index (κ1) is 15.5. The summed E-state index contributed by atoms with van der Waals surface area (Å²) in [5.41, 5.74) is 2.54. The minimum Gasteiger partial charge on any atom is -0.493 e. The highest BCUT2D eigenvalue weighted by molar-refractivity contribution is 5.27. The number of aromatic nitrogens is 1. The normalized spacial score (nSPS) is 12.1. The number of hydrogen-bond donors (Lipinski definition) is 1. The van der Waals surface area contributed by atoms with E-state index in [0.717, 1.165) is 25.1 Å². The summed E-state index contributed by atoms with van der Waals surface area (Å²) in [5, 5.41) is 3.42. The van der Waals surface area contributed by atoms with Crippen LogP contribution in [-0.4, -0.2) is 24.2 Å². The van der Waals surface area contributed by atoms with Crippen LogP contribution < -0.4 is 10.1 Å². The van der Waals surface area contributed by atoms with Gasteiger partial charge in [-0.2, -0.15) is 0 Å². The van der Waals surface area contributed by atoms with E-state index in [2.05, 4.69) is 54.5 Å². The van der Waals surface area contributed by atoms with Gasteiger partial charge in [0.25, 0.3) is 0 Å². The number of likely N-dealkylation sites (N-methyl/N-ethyl adjacent to an activating group) is 1. The summed E-state index contributed by atoms with van der Waals surface area (Å²) in [4.78, 5) is 4.10. The summed E-state index contributed by atoms with van der Waals surface area (Å²) in [6.07, 6.45) is 5.60. The fourth-order valence-corrected chi connectivity index (χ4v) is 2.33. The average Bonchev–Trinajstić information content (AvgIpc) is 2.50. The number of ether oxygens (including phenoxy) is 1. The smallest absolute Gasteiger partial charge is 0.119 e. The number of nitrogens with zero attached hydrogens (tertiary/aromatic N) is 1. The Morgan fingerprint density at radius 3 is 2.62 bits per heavy atom. The molecule has 2 aromatic rings. The summed E-state index contributed by atoms with van der Waals surface area (Å²) in [6, 6.07) is 12.9. The summed E-state index contributed by atoms with van der Waals surface area (Å²) in [6.45, 7) is 6.03. The molecule has 21 heavy (non-hydrogen) atoms. The molecule has 0 spiro atoms. The van der Waals surface area contributed by atoms with E-state index < -0.39 is 0 Å². The van der Waals surface area contributed by atoms with Crippen molar-refractivity contribution in [1.82, 2.24) is 10.3 Å². The van der Waals surface area contributed by atoms with Crippen LogP contribution in [-0.2, 0) is 12.8 Å². The van der Waals surface area contributed by atoms with E-state index in [-0.39, 0.29) is 0 Å². The van der Waals surface area contributed by atoms with Crippen molar-refractivity contribution in [1.29, 1.82) is 0 Å². The molecule has 0 radical (unpaired) electrons. The van der Waals surface area contributed by atoms with Gasteiger partial charge >= 0.3 is 0 Å². The van der Waals surface area contributed by atoms with Crippen LogP contribution in [0, 0.1) is 0 Å². The lowest BCUT2D eigenvalue weighted by Gasteiger charge is -2.12. The van der Waals surface area contributed by atoms with Crippen molar-refractivity contribution in [3.05, 3.63) is 59.9 Å². The van der Waals surface area contributed by atoms with Crippen molar-refractivity contribution in [3.63, 3.8) is 0 Å². The van der Waals surface area contributed by atoms with Gasteiger partial charge in [-0.25, -0.2) is 0 Å². The lowest BCUT2D eigenvalue weighted by Crippen LogP contribution is -2.27. The lowest BCUT2D eigenvalue weighted by atomic mass is 10.1.